The van der Waals surface area contributed by atoms with Gasteiger partial charge in [0.25, 0.3) is 11.1 Å². The molecule has 2 aliphatic heterocycles. The van der Waals surface area contributed by atoms with E-state index in [-0.39, 0.29) is 29.3 Å². The van der Waals surface area contributed by atoms with E-state index in [1.165, 1.54) is 0 Å². The van der Waals surface area contributed by atoms with Gasteiger partial charge in [0.05, 0.1) is 12.2 Å². The predicted molar refractivity (Wildman–Crippen MR) is 108 cm³/mol. The maximum Gasteiger partial charge on any atom is 0.277 e. The van der Waals surface area contributed by atoms with Crippen LogP contribution in [0.1, 0.15) is 27.9 Å². The number of likely N-dealkylation sites (N-methyl/N-ethyl adjacent to an activating group) is 1. The van der Waals surface area contributed by atoms with Crippen LogP contribution < -0.4 is 14.4 Å². The van der Waals surface area contributed by atoms with Gasteiger partial charge < -0.3 is 18.8 Å². The Morgan fingerprint density at radius 3 is 2.90 bits per heavy atom. The molecule has 30 heavy (non-hydrogen) atoms. The molecule has 2 aliphatic rings. The van der Waals surface area contributed by atoms with Crippen molar-refractivity contribution in [1.82, 2.24) is 10.2 Å². The van der Waals surface area contributed by atoms with Gasteiger partial charge in [-0.2, -0.15) is 0 Å². The van der Waals surface area contributed by atoms with E-state index in [4.69, 9.17) is 13.9 Å². The number of thioether (sulfide) groups is 1. The lowest BCUT2D eigenvalue weighted by atomic mass is 10.1. The Morgan fingerprint density at radius 1 is 1.20 bits per heavy atom. The summed E-state index contributed by atoms with van der Waals surface area (Å²) in [5.41, 5.74) is 2.28. The summed E-state index contributed by atoms with van der Waals surface area (Å²) in [6, 6.07) is 12.7. The van der Waals surface area contributed by atoms with Crippen LogP contribution in [0.3, 0.4) is 0 Å². The highest BCUT2D eigenvalue weighted by molar-refractivity contribution is 7.99. The highest BCUT2D eigenvalue weighted by Gasteiger charge is 2.28. The molecule has 9 heteroatoms. The van der Waals surface area contributed by atoms with Crippen LogP contribution in [0.2, 0.25) is 0 Å². The second-order valence-corrected chi connectivity index (χ2v) is 7.88. The molecule has 0 radical (unpaired) electrons. The zero-order valence-electron chi connectivity index (χ0n) is 16.0. The second kappa shape index (κ2) is 7.49. The lowest BCUT2D eigenvalue weighted by Gasteiger charge is -2.23. The second-order valence-electron chi connectivity index (χ2n) is 6.96. The van der Waals surface area contributed by atoms with Gasteiger partial charge in [-0.1, -0.05) is 23.9 Å². The molecule has 0 bridgehead atoms. The normalized spacial score (nSPS) is 17.2. The van der Waals surface area contributed by atoms with Crippen LogP contribution in [-0.2, 0) is 11.2 Å². The first kappa shape index (κ1) is 18.7. The molecule has 8 nitrogen and oxygen atoms in total. The standard InChI is InChI=1S/C21H17N3O5S/c1-24-14-7-6-12(8-13(14)9-19(24)26)15(25)11-30-21-23-22-20(29-21)18-10-27-16-4-2-3-5-17(16)28-18/h2-8,18H,9-11H2,1H3/t18-/m0/s1. The van der Waals surface area contributed by atoms with Crippen LogP contribution in [0.4, 0.5) is 5.69 Å². The fraction of sp³-hybridized carbons (Fsp3) is 0.238. The summed E-state index contributed by atoms with van der Waals surface area (Å²) in [6.45, 7) is 0.268. The minimum absolute atomic E-state index is 0.0268. The number of rotatable bonds is 5. The van der Waals surface area contributed by atoms with Gasteiger partial charge in [0.15, 0.2) is 17.3 Å². The molecule has 0 spiro atoms. The Bertz CT molecular complexity index is 1150. The molecule has 3 heterocycles. The Kier molecular flexibility index (Phi) is 4.66. The summed E-state index contributed by atoms with van der Waals surface area (Å²) in [6.07, 6.45) is -0.177. The van der Waals surface area contributed by atoms with Crippen molar-refractivity contribution in [2.75, 3.05) is 24.3 Å². The first-order chi connectivity index (χ1) is 14.6. The van der Waals surface area contributed by atoms with Gasteiger partial charge in [0.1, 0.15) is 6.61 Å². The molecule has 1 amide bonds. The molecule has 2 aromatic carbocycles. The van der Waals surface area contributed by atoms with Gasteiger partial charge in [-0.3, -0.25) is 9.59 Å². The third-order valence-electron chi connectivity index (χ3n) is 5.01. The smallest absolute Gasteiger partial charge is 0.277 e. The molecule has 0 N–H and O–H groups in total. The average molecular weight is 423 g/mol. The molecule has 5 rings (SSSR count). The predicted octanol–water partition coefficient (Wildman–Crippen LogP) is 3.08. The summed E-state index contributed by atoms with van der Waals surface area (Å²) < 4.78 is 17.2. The summed E-state index contributed by atoms with van der Waals surface area (Å²) in [4.78, 5) is 26.0. The Balaban J connectivity index is 1.22. The fourth-order valence-corrected chi connectivity index (χ4v) is 4.07. The Morgan fingerprint density at radius 2 is 2.03 bits per heavy atom. The van der Waals surface area contributed by atoms with E-state index in [2.05, 4.69) is 10.2 Å². The van der Waals surface area contributed by atoms with E-state index in [0.29, 0.717) is 29.4 Å². The highest BCUT2D eigenvalue weighted by Crippen LogP contribution is 2.36. The minimum Gasteiger partial charge on any atom is -0.485 e. The van der Waals surface area contributed by atoms with Gasteiger partial charge in [-0.25, -0.2) is 0 Å². The number of hydrogen-bond donors (Lipinski definition) is 0. The van der Waals surface area contributed by atoms with Crippen LogP contribution >= 0.6 is 11.8 Å². The number of hydrogen-bond acceptors (Lipinski definition) is 8. The van der Waals surface area contributed by atoms with E-state index >= 15 is 0 Å². The molecule has 1 aromatic heterocycles. The van der Waals surface area contributed by atoms with E-state index in [0.717, 1.165) is 23.0 Å². The van der Waals surface area contributed by atoms with Gasteiger partial charge in [0, 0.05) is 18.3 Å². The Hall–Kier alpha value is -3.33. The van der Waals surface area contributed by atoms with Crippen molar-refractivity contribution in [2.24, 2.45) is 0 Å². The molecule has 0 saturated carbocycles. The number of nitrogens with zero attached hydrogens (tertiary/aromatic N) is 3. The number of fused-ring (bicyclic) bond motifs is 2. The van der Waals surface area contributed by atoms with Crippen molar-refractivity contribution in [1.29, 1.82) is 0 Å². The third kappa shape index (κ3) is 3.41. The number of anilines is 1. The number of Topliss-reactive ketones (excluding diaryl/α,β-unsaturated/α-hetero) is 1. The maximum atomic E-state index is 12.6. The summed E-state index contributed by atoms with van der Waals surface area (Å²) in [5.74, 6) is 1.70. The van der Waals surface area contributed by atoms with Gasteiger partial charge in [-0.05, 0) is 35.9 Å². The number of ether oxygens (including phenoxy) is 2. The van der Waals surface area contributed by atoms with E-state index in [1.54, 1.807) is 30.1 Å². The Labute approximate surface area is 176 Å². The largest absolute Gasteiger partial charge is 0.485 e. The van der Waals surface area contributed by atoms with Gasteiger partial charge in [0.2, 0.25) is 12.0 Å². The van der Waals surface area contributed by atoms with Crippen molar-refractivity contribution < 1.29 is 23.5 Å². The van der Waals surface area contributed by atoms with E-state index in [1.807, 2.05) is 24.3 Å². The number of benzene rings is 2. The fourth-order valence-electron chi connectivity index (χ4n) is 3.40. The van der Waals surface area contributed by atoms with Crippen molar-refractivity contribution in [2.45, 2.75) is 17.7 Å². The van der Waals surface area contributed by atoms with Crippen LogP contribution in [0, 0.1) is 0 Å². The zero-order chi connectivity index (χ0) is 20.7. The SMILES string of the molecule is CN1C(=O)Cc2cc(C(=O)CSc3nnc([C@@H]4COc5ccccc5O4)o3)ccc21. The molecular weight excluding hydrogens is 406 g/mol. The maximum absolute atomic E-state index is 12.6. The molecule has 3 aromatic rings. The van der Waals surface area contributed by atoms with Crippen LogP contribution in [0.25, 0.3) is 0 Å². The molecule has 0 saturated heterocycles. The lowest BCUT2D eigenvalue weighted by Crippen LogP contribution is -2.21. The highest BCUT2D eigenvalue weighted by atomic mass is 32.2. The van der Waals surface area contributed by atoms with Crippen LogP contribution in [-0.4, -0.2) is 41.3 Å². The molecule has 0 unspecified atom stereocenters. The van der Waals surface area contributed by atoms with E-state index < -0.39 is 6.10 Å². The summed E-state index contributed by atoms with van der Waals surface area (Å²) in [5, 5.41) is 8.32. The molecule has 0 fully saturated rings. The van der Waals surface area contributed by atoms with Crippen molar-refractivity contribution in [3.8, 4) is 11.5 Å². The van der Waals surface area contributed by atoms with Crippen LogP contribution in [0.5, 0.6) is 11.5 Å². The minimum atomic E-state index is -0.497. The molecule has 152 valence electrons. The monoisotopic (exact) mass is 423 g/mol. The van der Waals surface area contributed by atoms with Crippen molar-refractivity contribution >= 4 is 29.1 Å². The number of amides is 1. The number of carbonyl (C=O) groups is 2. The number of carbonyl (C=O) groups excluding carboxylic acids is 2. The van der Waals surface area contributed by atoms with Gasteiger partial charge >= 0.3 is 0 Å². The van der Waals surface area contributed by atoms with Crippen LogP contribution in [0.15, 0.2) is 52.1 Å². The lowest BCUT2D eigenvalue weighted by molar-refractivity contribution is -0.117. The van der Waals surface area contributed by atoms with Gasteiger partial charge in [-0.15, -0.1) is 10.2 Å². The quantitative estimate of drug-likeness (QED) is 0.456. The zero-order valence-corrected chi connectivity index (χ0v) is 16.8. The first-order valence-electron chi connectivity index (χ1n) is 9.36. The number of para-hydroxylation sites is 2. The summed E-state index contributed by atoms with van der Waals surface area (Å²) >= 11 is 1.16. The molecular formula is C21H17N3O5S. The van der Waals surface area contributed by atoms with Crippen molar-refractivity contribution in [3.05, 3.63) is 59.5 Å². The third-order valence-corrected chi connectivity index (χ3v) is 5.83. The number of aromatic nitrogens is 2. The van der Waals surface area contributed by atoms with E-state index in [9.17, 15) is 9.59 Å². The first-order valence-corrected chi connectivity index (χ1v) is 10.3. The average Bonchev–Trinajstić information content (AvgIpc) is 3.36. The molecule has 0 aliphatic carbocycles. The van der Waals surface area contributed by atoms with Crippen molar-refractivity contribution in [3.63, 3.8) is 0 Å². The molecule has 1 atom stereocenters. The number of ketones is 1. The topological polar surface area (TPSA) is 94.8 Å². The summed E-state index contributed by atoms with van der Waals surface area (Å²) in [7, 11) is 1.73.